The summed E-state index contributed by atoms with van der Waals surface area (Å²) in [6.07, 6.45) is 3.81. The Morgan fingerprint density at radius 3 is 2.00 bits per heavy atom. The van der Waals surface area contributed by atoms with Crippen molar-refractivity contribution in [3.63, 3.8) is 0 Å². The maximum atomic E-state index is 11.0. The van der Waals surface area contributed by atoms with Crippen LogP contribution in [0.1, 0.15) is 66.7 Å². The van der Waals surface area contributed by atoms with Crippen molar-refractivity contribution in [2.24, 2.45) is 5.41 Å². The number of carboxylic acid groups (broad SMARTS) is 1. The van der Waals surface area contributed by atoms with Crippen LogP contribution in [0.4, 0.5) is 0 Å². The molecule has 0 aliphatic rings. The lowest BCUT2D eigenvalue weighted by Crippen LogP contribution is -2.29. The zero-order valence-electron chi connectivity index (χ0n) is 14.3. The third-order valence-electron chi connectivity index (χ3n) is 3.70. The van der Waals surface area contributed by atoms with Crippen molar-refractivity contribution >= 4 is 5.97 Å². The number of hydrogen-bond acceptors (Lipinski definition) is 4. The van der Waals surface area contributed by atoms with Crippen molar-refractivity contribution in [2.45, 2.75) is 78.9 Å². The zero-order valence-corrected chi connectivity index (χ0v) is 14.3. The molecule has 0 bridgehead atoms. The van der Waals surface area contributed by atoms with Gasteiger partial charge in [0.15, 0.2) is 0 Å². The van der Waals surface area contributed by atoms with E-state index in [-0.39, 0.29) is 12.7 Å². The molecule has 0 radical (unpaired) electrons. The van der Waals surface area contributed by atoms with E-state index in [0.717, 1.165) is 32.1 Å². The van der Waals surface area contributed by atoms with Gasteiger partial charge in [0, 0.05) is 0 Å². The first kappa shape index (κ1) is 22.6. The number of unbranched alkanes of at least 4 members (excludes halogenated alkanes) is 1. The largest absolute Gasteiger partial charge is 0.481 e. The second-order valence-corrected chi connectivity index (χ2v) is 5.57. The minimum Gasteiger partial charge on any atom is -0.481 e. The average Bonchev–Trinajstić information content (AvgIpc) is 2.46. The van der Waals surface area contributed by atoms with Crippen molar-refractivity contribution < 1.29 is 24.9 Å². The van der Waals surface area contributed by atoms with Gasteiger partial charge in [0.05, 0.1) is 30.8 Å². The number of hydrogen-bond donors (Lipinski definition) is 3. The van der Waals surface area contributed by atoms with E-state index in [9.17, 15) is 4.79 Å². The molecule has 0 aliphatic carbocycles. The Kier molecular flexibility index (Phi) is 14.1. The first-order valence-corrected chi connectivity index (χ1v) is 7.93. The monoisotopic (exact) mass is 306 g/mol. The molecule has 0 amide bonds. The Hall–Kier alpha value is -0.650. The summed E-state index contributed by atoms with van der Waals surface area (Å²) in [6, 6.07) is 0. The quantitative estimate of drug-likeness (QED) is 0.578. The molecular weight excluding hydrogens is 272 g/mol. The number of ether oxygens (including phenoxy) is 1. The number of rotatable bonds is 10. The highest BCUT2D eigenvalue weighted by molar-refractivity contribution is 5.74. The summed E-state index contributed by atoms with van der Waals surface area (Å²) in [5.74, 6) is -0.624. The van der Waals surface area contributed by atoms with Crippen LogP contribution in [-0.2, 0) is 9.53 Å². The van der Waals surface area contributed by atoms with E-state index in [4.69, 9.17) is 20.1 Å². The number of aliphatic hydroxyl groups is 2. The SMILES string of the molecule is CC(O)COC(C)CO.CCCCC(CC)(CC)C(=O)O. The molecule has 5 heteroatoms. The molecule has 128 valence electrons. The third kappa shape index (κ3) is 10.7. The highest BCUT2D eigenvalue weighted by Gasteiger charge is 2.33. The van der Waals surface area contributed by atoms with E-state index >= 15 is 0 Å². The van der Waals surface area contributed by atoms with E-state index in [1.807, 2.05) is 13.8 Å². The summed E-state index contributed by atoms with van der Waals surface area (Å²) in [5.41, 5.74) is -0.448. The predicted molar refractivity (Wildman–Crippen MR) is 84.4 cm³/mol. The Bertz CT molecular complexity index is 249. The molecule has 21 heavy (non-hydrogen) atoms. The maximum absolute atomic E-state index is 11.0. The maximum Gasteiger partial charge on any atom is 0.309 e. The van der Waals surface area contributed by atoms with Crippen molar-refractivity contribution in [1.29, 1.82) is 0 Å². The molecular formula is C16H34O5. The summed E-state index contributed by atoms with van der Waals surface area (Å²) in [7, 11) is 0. The Balaban J connectivity index is 0. The van der Waals surface area contributed by atoms with Crippen LogP contribution in [0.3, 0.4) is 0 Å². The van der Waals surface area contributed by atoms with Crippen molar-refractivity contribution in [1.82, 2.24) is 0 Å². The third-order valence-corrected chi connectivity index (χ3v) is 3.70. The van der Waals surface area contributed by atoms with E-state index in [1.165, 1.54) is 0 Å². The summed E-state index contributed by atoms with van der Waals surface area (Å²) in [6.45, 7) is 9.72. The summed E-state index contributed by atoms with van der Waals surface area (Å²) >= 11 is 0. The molecule has 0 saturated heterocycles. The molecule has 0 saturated carbocycles. The molecule has 2 unspecified atom stereocenters. The van der Waals surface area contributed by atoms with Crippen LogP contribution in [0.2, 0.25) is 0 Å². The molecule has 5 nitrogen and oxygen atoms in total. The molecule has 0 heterocycles. The van der Waals surface area contributed by atoms with Crippen LogP contribution in [0.25, 0.3) is 0 Å². The topological polar surface area (TPSA) is 87.0 Å². The summed E-state index contributed by atoms with van der Waals surface area (Å²) in [5, 5.41) is 26.2. The zero-order chi connectivity index (χ0) is 16.9. The molecule has 0 aliphatic heterocycles. The minimum atomic E-state index is -0.624. The van der Waals surface area contributed by atoms with Gasteiger partial charge in [-0.2, -0.15) is 0 Å². The van der Waals surface area contributed by atoms with E-state index in [1.54, 1.807) is 13.8 Å². The fourth-order valence-electron chi connectivity index (χ4n) is 1.88. The molecule has 0 aromatic heterocycles. The lowest BCUT2D eigenvalue weighted by molar-refractivity contribution is -0.150. The summed E-state index contributed by atoms with van der Waals surface area (Å²) < 4.78 is 4.95. The van der Waals surface area contributed by atoms with Gasteiger partial charge in [-0.05, 0) is 33.1 Å². The Labute approximate surface area is 129 Å². The Morgan fingerprint density at radius 1 is 1.19 bits per heavy atom. The molecule has 0 rings (SSSR count). The van der Waals surface area contributed by atoms with Crippen LogP contribution < -0.4 is 0 Å². The molecule has 2 atom stereocenters. The van der Waals surface area contributed by atoms with Gasteiger partial charge in [0.1, 0.15) is 0 Å². The molecule has 0 aromatic carbocycles. The van der Waals surface area contributed by atoms with Gasteiger partial charge in [-0.25, -0.2) is 0 Å². The lowest BCUT2D eigenvalue weighted by atomic mass is 9.78. The number of carbonyl (C=O) groups is 1. The lowest BCUT2D eigenvalue weighted by Gasteiger charge is -2.26. The second kappa shape index (κ2) is 13.0. The average molecular weight is 306 g/mol. The van der Waals surface area contributed by atoms with Crippen molar-refractivity contribution in [3.05, 3.63) is 0 Å². The standard InChI is InChI=1S/C10H20O2.C6H14O3/c1-4-7-8-10(5-2,6-3)9(11)12;1-5(8)4-9-6(2)3-7/h4-8H2,1-3H3,(H,11,12);5-8H,3-4H2,1-2H3. The second-order valence-electron chi connectivity index (χ2n) is 5.57. The van der Waals surface area contributed by atoms with E-state index in [0.29, 0.717) is 6.61 Å². The van der Waals surface area contributed by atoms with Crippen molar-refractivity contribution in [3.8, 4) is 0 Å². The molecule has 0 fully saturated rings. The van der Waals surface area contributed by atoms with Crippen LogP contribution >= 0.6 is 0 Å². The number of aliphatic carboxylic acids is 1. The van der Waals surface area contributed by atoms with Crippen LogP contribution in [-0.4, -0.2) is 46.7 Å². The van der Waals surface area contributed by atoms with Gasteiger partial charge >= 0.3 is 5.97 Å². The van der Waals surface area contributed by atoms with Crippen molar-refractivity contribution in [2.75, 3.05) is 13.2 Å². The fourth-order valence-corrected chi connectivity index (χ4v) is 1.88. The Morgan fingerprint density at radius 2 is 1.71 bits per heavy atom. The van der Waals surface area contributed by atoms with Gasteiger partial charge in [-0.1, -0.05) is 33.6 Å². The van der Waals surface area contributed by atoms with E-state index in [2.05, 4.69) is 6.92 Å². The van der Waals surface area contributed by atoms with Gasteiger partial charge in [0.25, 0.3) is 0 Å². The fraction of sp³-hybridized carbons (Fsp3) is 0.938. The van der Waals surface area contributed by atoms with E-state index < -0.39 is 17.5 Å². The molecule has 0 spiro atoms. The normalized spacial score (nSPS) is 14.0. The van der Waals surface area contributed by atoms with Gasteiger partial charge < -0.3 is 20.1 Å². The first-order chi connectivity index (χ1) is 9.79. The van der Waals surface area contributed by atoms with Crippen LogP contribution in [0, 0.1) is 5.41 Å². The highest BCUT2D eigenvalue weighted by atomic mass is 16.5. The minimum absolute atomic E-state index is 0.00667. The first-order valence-electron chi connectivity index (χ1n) is 7.93. The molecule has 3 N–H and O–H groups in total. The highest BCUT2D eigenvalue weighted by Crippen LogP contribution is 2.32. The molecule has 0 aromatic rings. The number of aliphatic hydroxyl groups excluding tert-OH is 2. The van der Waals surface area contributed by atoms with Gasteiger partial charge in [0.2, 0.25) is 0 Å². The smallest absolute Gasteiger partial charge is 0.309 e. The summed E-state index contributed by atoms with van der Waals surface area (Å²) in [4.78, 5) is 11.0. The number of carboxylic acids is 1. The predicted octanol–water partition coefficient (Wildman–Crippen LogP) is 2.83. The van der Waals surface area contributed by atoms with Gasteiger partial charge in [-0.15, -0.1) is 0 Å². The van der Waals surface area contributed by atoms with Gasteiger partial charge in [-0.3, -0.25) is 4.79 Å². The van der Waals surface area contributed by atoms with Crippen LogP contribution in [0.15, 0.2) is 0 Å². The van der Waals surface area contributed by atoms with Crippen LogP contribution in [0.5, 0.6) is 0 Å².